The van der Waals surface area contributed by atoms with E-state index in [2.05, 4.69) is 4.98 Å². The van der Waals surface area contributed by atoms with Crippen molar-refractivity contribution in [3.8, 4) is 0 Å². The van der Waals surface area contributed by atoms with Gasteiger partial charge in [0, 0.05) is 0 Å². The number of aromatic nitrogens is 2. The van der Waals surface area contributed by atoms with Crippen LogP contribution in [0.1, 0.15) is 16.1 Å². The minimum absolute atomic E-state index is 0.0298. The van der Waals surface area contributed by atoms with E-state index in [1.54, 1.807) is 12.1 Å². The Kier molecular flexibility index (Phi) is 2.94. The summed E-state index contributed by atoms with van der Waals surface area (Å²) in [6, 6.07) is 7.50. The highest BCUT2D eigenvalue weighted by molar-refractivity contribution is 5.92. The molecule has 0 saturated carbocycles. The Morgan fingerprint density at radius 1 is 1.29 bits per heavy atom. The minimum Gasteiger partial charge on any atom is -0.478 e. The molecule has 0 unspecified atom stereocenters. The number of hydrogen-bond donors (Lipinski definition) is 2. The first-order valence-corrected chi connectivity index (χ1v) is 6.09. The fourth-order valence-corrected chi connectivity index (χ4v) is 2.12. The lowest BCUT2D eigenvalue weighted by Gasteiger charge is -2.08. The predicted octanol–water partition coefficient (Wildman–Crippen LogP) is 1.03. The number of hydrogen-bond acceptors (Lipinski definition) is 4. The van der Waals surface area contributed by atoms with Gasteiger partial charge in [-0.05, 0) is 30.3 Å². The van der Waals surface area contributed by atoms with Crippen molar-refractivity contribution >= 4 is 17.0 Å². The van der Waals surface area contributed by atoms with E-state index in [1.165, 1.54) is 29.0 Å². The molecule has 0 aliphatic rings. The third-order valence-electron chi connectivity index (χ3n) is 3.12. The van der Waals surface area contributed by atoms with Gasteiger partial charge in [0.1, 0.15) is 5.76 Å². The highest BCUT2D eigenvalue weighted by Crippen LogP contribution is 2.13. The zero-order valence-corrected chi connectivity index (χ0v) is 10.7. The summed E-state index contributed by atoms with van der Waals surface area (Å²) in [5.41, 5.74) is -0.784. The van der Waals surface area contributed by atoms with Gasteiger partial charge in [0.25, 0.3) is 0 Å². The summed E-state index contributed by atoms with van der Waals surface area (Å²) >= 11 is 0. The van der Waals surface area contributed by atoms with Crippen molar-refractivity contribution < 1.29 is 14.3 Å². The molecule has 0 bridgehead atoms. The number of carboxylic acid groups (broad SMARTS) is 1. The van der Waals surface area contributed by atoms with E-state index in [4.69, 9.17) is 9.52 Å². The molecule has 1 aromatic carbocycles. The minimum atomic E-state index is -1.11. The third-order valence-corrected chi connectivity index (χ3v) is 3.12. The lowest BCUT2D eigenvalue weighted by atomic mass is 10.2. The van der Waals surface area contributed by atoms with Gasteiger partial charge in [-0.1, -0.05) is 0 Å². The van der Waals surface area contributed by atoms with Crippen LogP contribution in [0, 0.1) is 0 Å². The second-order valence-electron chi connectivity index (χ2n) is 4.46. The summed E-state index contributed by atoms with van der Waals surface area (Å²) in [4.78, 5) is 37.2. The number of aromatic carboxylic acids is 1. The first kappa shape index (κ1) is 12.9. The molecule has 0 atom stereocenters. The molecule has 3 aromatic rings. The highest BCUT2D eigenvalue weighted by atomic mass is 16.4. The number of nitrogens with one attached hydrogen (secondary N) is 1. The van der Waals surface area contributed by atoms with Crippen LogP contribution in [0.25, 0.3) is 11.0 Å². The molecule has 2 aromatic heterocycles. The number of nitrogens with zero attached hydrogens (tertiary/aromatic N) is 1. The Morgan fingerprint density at radius 2 is 2.10 bits per heavy atom. The summed E-state index contributed by atoms with van der Waals surface area (Å²) in [6.45, 7) is 0.0509. The lowest BCUT2D eigenvalue weighted by Crippen LogP contribution is -2.36. The molecule has 106 valence electrons. The van der Waals surface area contributed by atoms with Crippen LogP contribution in [0.3, 0.4) is 0 Å². The molecule has 7 nitrogen and oxygen atoms in total. The maximum atomic E-state index is 12.0. The van der Waals surface area contributed by atoms with Gasteiger partial charge in [-0.25, -0.2) is 4.79 Å². The molecule has 3 rings (SSSR count). The Hall–Kier alpha value is -3.09. The first-order valence-electron chi connectivity index (χ1n) is 6.09. The summed E-state index contributed by atoms with van der Waals surface area (Å²) in [5, 5.41) is 9.04. The van der Waals surface area contributed by atoms with Gasteiger partial charge in [0.05, 0.1) is 29.4 Å². The number of benzene rings is 1. The summed E-state index contributed by atoms with van der Waals surface area (Å²) in [7, 11) is 0. The summed E-state index contributed by atoms with van der Waals surface area (Å²) in [5.74, 6) is -0.621. The smallest absolute Gasteiger partial charge is 0.335 e. The van der Waals surface area contributed by atoms with Crippen LogP contribution in [0.4, 0.5) is 0 Å². The second-order valence-corrected chi connectivity index (χ2v) is 4.46. The highest BCUT2D eigenvalue weighted by Gasteiger charge is 2.12. The number of carboxylic acids is 1. The fourth-order valence-electron chi connectivity index (χ4n) is 2.12. The zero-order chi connectivity index (χ0) is 15.0. The SMILES string of the molecule is O=C(O)c1ccc2[nH]c(=O)c(=O)n(Cc3ccco3)c2c1. The molecule has 0 aliphatic heterocycles. The topological polar surface area (TPSA) is 105 Å². The summed E-state index contributed by atoms with van der Waals surface area (Å²) < 4.78 is 6.36. The van der Waals surface area contributed by atoms with Crippen LogP contribution < -0.4 is 11.1 Å². The molecule has 2 N–H and O–H groups in total. The summed E-state index contributed by atoms with van der Waals surface area (Å²) in [6.07, 6.45) is 1.46. The molecule has 0 amide bonds. The van der Waals surface area contributed by atoms with Gasteiger partial charge >= 0.3 is 17.1 Å². The maximum absolute atomic E-state index is 12.0. The second kappa shape index (κ2) is 4.78. The molecule has 0 spiro atoms. The normalized spacial score (nSPS) is 10.9. The largest absolute Gasteiger partial charge is 0.478 e. The van der Waals surface area contributed by atoms with Crippen molar-refractivity contribution in [3.63, 3.8) is 0 Å². The van der Waals surface area contributed by atoms with E-state index in [0.29, 0.717) is 16.8 Å². The average Bonchev–Trinajstić information content (AvgIpc) is 2.96. The third kappa shape index (κ3) is 2.25. The maximum Gasteiger partial charge on any atom is 0.335 e. The van der Waals surface area contributed by atoms with Gasteiger partial charge in [0.2, 0.25) is 0 Å². The van der Waals surface area contributed by atoms with Crippen molar-refractivity contribution in [1.82, 2.24) is 9.55 Å². The number of rotatable bonds is 3. The number of furan rings is 1. The van der Waals surface area contributed by atoms with Gasteiger partial charge < -0.3 is 14.5 Å². The molecule has 0 fully saturated rings. The Bertz CT molecular complexity index is 934. The molecule has 0 aliphatic carbocycles. The monoisotopic (exact) mass is 286 g/mol. The Morgan fingerprint density at radius 3 is 2.76 bits per heavy atom. The number of fused-ring (bicyclic) bond motifs is 1. The van der Waals surface area contributed by atoms with E-state index in [9.17, 15) is 14.4 Å². The number of aromatic amines is 1. The van der Waals surface area contributed by atoms with Crippen molar-refractivity contribution in [2.75, 3.05) is 0 Å². The molecule has 21 heavy (non-hydrogen) atoms. The van der Waals surface area contributed by atoms with Crippen LogP contribution in [0.2, 0.25) is 0 Å². The predicted molar refractivity (Wildman–Crippen MR) is 73.6 cm³/mol. The van der Waals surface area contributed by atoms with Crippen LogP contribution in [-0.4, -0.2) is 20.6 Å². The average molecular weight is 286 g/mol. The van der Waals surface area contributed by atoms with E-state index in [1.807, 2.05) is 0 Å². The van der Waals surface area contributed by atoms with E-state index in [0.717, 1.165) is 0 Å². The zero-order valence-electron chi connectivity index (χ0n) is 10.7. The number of H-pyrrole nitrogens is 1. The molecule has 0 saturated heterocycles. The van der Waals surface area contributed by atoms with E-state index < -0.39 is 17.1 Å². The van der Waals surface area contributed by atoms with Gasteiger partial charge in [-0.15, -0.1) is 0 Å². The van der Waals surface area contributed by atoms with E-state index in [-0.39, 0.29) is 12.1 Å². The van der Waals surface area contributed by atoms with Crippen molar-refractivity contribution in [3.05, 3.63) is 68.6 Å². The Balaban J connectivity index is 2.30. The lowest BCUT2D eigenvalue weighted by molar-refractivity contribution is 0.0697. The van der Waals surface area contributed by atoms with Gasteiger partial charge in [0.15, 0.2) is 0 Å². The van der Waals surface area contributed by atoms with Gasteiger partial charge in [-0.2, -0.15) is 0 Å². The van der Waals surface area contributed by atoms with Crippen molar-refractivity contribution in [1.29, 1.82) is 0 Å². The van der Waals surface area contributed by atoms with Crippen LogP contribution in [0.15, 0.2) is 50.6 Å². The van der Waals surface area contributed by atoms with Crippen LogP contribution >= 0.6 is 0 Å². The molecular formula is C14H10N2O5. The molecule has 7 heteroatoms. The first-order chi connectivity index (χ1) is 10.1. The van der Waals surface area contributed by atoms with Crippen LogP contribution in [0.5, 0.6) is 0 Å². The standard InChI is InChI=1S/C14H10N2O5/c17-12-13(18)16(7-9-2-1-5-21-9)11-6-8(14(19)20)3-4-10(11)15-12/h1-6H,7H2,(H,15,17)(H,19,20). The molecular weight excluding hydrogens is 276 g/mol. The fraction of sp³-hybridized carbons (Fsp3) is 0.0714. The van der Waals surface area contributed by atoms with Crippen molar-refractivity contribution in [2.45, 2.75) is 6.54 Å². The Labute approximate surface area is 117 Å². The van der Waals surface area contributed by atoms with Gasteiger partial charge in [-0.3, -0.25) is 14.2 Å². The molecule has 0 radical (unpaired) electrons. The quantitative estimate of drug-likeness (QED) is 0.699. The van der Waals surface area contributed by atoms with Crippen LogP contribution in [-0.2, 0) is 6.54 Å². The number of carbonyl (C=O) groups is 1. The van der Waals surface area contributed by atoms with E-state index >= 15 is 0 Å². The van der Waals surface area contributed by atoms with Crippen molar-refractivity contribution in [2.24, 2.45) is 0 Å². The molecule has 2 heterocycles.